The van der Waals surface area contributed by atoms with E-state index in [4.69, 9.17) is 15.0 Å². The number of hydrogen-bond acceptors (Lipinski definition) is 2. The second-order valence-electron chi connectivity index (χ2n) is 1.98. The van der Waals surface area contributed by atoms with Crippen LogP contribution in [0.4, 0.5) is 0 Å². The SMILES string of the molecule is C=CCCCC=CCO.O=CO. The first-order valence-corrected chi connectivity index (χ1v) is 3.78. The van der Waals surface area contributed by atoms with Gasteiger partial charge in [0.15, 0.2) is 0 Å². The third-order valence-electron chi connectivity index (χ3n) is 1.05. The van der Waals surface area contributed by atoms with Crippen LogP contribution < -0.4 is 0 Å². The third-order valence-corrected chi connectivity index (χ3v) is 1.05. The topological polar surface area (TPSA) is 57.5 Å². The zero-order valence-corrected chi connectivity index (χ0v) is 7.15. The molecule has 0 saturated heterocycles. The van der Waals surface area contributed by atoms with Gasteiger partial charge in [0.05, 0.1) is 6.61 Å². The third kappa shape index (κ3) is 23.1. The molecule has 0 aliphatic heterocycles. The van der Waals surface area contributed by atoms with E-state index in [9.17, 15) is 0 Å². The lowest BCUT2D eigenvalue weighted by atomic mass is 10.2. The second-order valence-corrected chi connectivity index (χ2v) is 1.98. The summed E-state index contributed by atoms with van der Waals surface area (Å²) in [4.78, 5) is 8.36. The molecule has 0 rings (SSSR count). The molecule has 0 fully saturated rings. The number of aliphatic hydroxyl groups excluding tert-OH is 1. The minimum absolute atomic E-state index is 0.161. The monoisotopic (exact) mass is 172 g/mol. The van der Waals surface area contributed by atoms with Gasteiger partial charge in [-0.05, 0) is 19.3 Å². The lowest BCUT2D eigenvalue weighted by Gasteiger charge is -1.86. The van der Waals surface area contributed by atoms with Crippen molar-refractivity contribution in [1.29, 1.82) is 0 Å². The van der Waals surface area contributed by atoms with E-state index >= 15 is 0 Å². The number of carboxylic acid groups (broad SMARTS) is 1. The number of allylic oxidation sites excluding steroid dienone is 2. The van der Waals surface area contributed by atoms with E-state index in [0.717, 1.165) is 19.3 Å². The van der Waals surface area contributed by atoms with Gasteiger partial charge in [0.2, 0.25) is 0 Å². The molecule has 0 radical (unpaired) electrons. The molecule has 0 heterocycles. The molecule has 0 amide bonds. The van der Waals surface area contributed by atoms with Crippen LogP contribution in [0.1, 0.15) is 19.3 Å². The fraction of sp³-hybridized carbons (Fsp3) is 0.444. The molecule has 3 heteroatoms. The Morgan fingerprint density at radius 1 is 1.25 bits per heavy atom. The largest absolute Gasteiger partial charge is 0.483 e. The standard InChI is InChI=1S/C8H14O.CH2O2/c1-2-3-4-5-6-7-8-9;2-1-3/h2,6-7,9H,1,3-5,8H2;1H,(H,2,3). The summed E-state index contributed by atoms with van der Waals surface area (Å²) in [6.45, 7) is 3.52. The Labute approximate surface area is 73.0 Å². The van der Waals surface area contributed by atoms with Crippen LogP contribution in [0.15, 0.2) is 24.8 Å². The van der Waals surface area contributed by atoms with Gasteiger partial charge < -0.3 is 10.2 Å². The van der Waals surface area contributed by atoms with Crippen LogP contribution in [0.3, 0.4) is 0 Å². The molecule has 3 nitrogen and oxygen atoms in total. The molecule has 0 bridgehead atoms. The molecule has 70 valence electrons. The van der Waals surface area contributed by atoms with E-state index in [1.54, 1.807) is 6.08 Å². The predicted octanol–water partition coefficient (Wildman–Crippen LogP) is 1.59. The van der Waals surface area contributed by atoms with Gasteiger partial charge in [-0.3, -0.25) is 4.79 Å². The van der Waals surface area contributed by atoms with Crippen molar-refractivity contribution in [3.05, 3.63) is 24.8 Å². The van der Waals surface area contributed by atoms with Gasteiger partial charge in [-0.15, -0.1) is 6.58 Å². The Morgan fingerprint density at radius 2 is 1.83 bits per heavy atom. The highest BCUT2D eigenvalue weighted by Gasteiger charge is 1.76. The first kappa shape index (κ1) is 13.5. The van der Waals surface area contributed by atoms with Crippen molar-refractivity contribution in [1.82, 2.24) is 0 Å². The Bertz CT molecular complexity index is 119. The van der Waals surface area contributed by atoms with Crippen molar-refractivity contribution in [2.75, 3.05) is 6.61 Å². The maximum atomic E-state index is 8.36. The van der Waals surface area contributed by atoms with Crippen LogP contribution in [-0.4, -0.2) is 23.3 Å². The Balaban J connectivity index is 0. The van der Waals surface area contributed by atoms with Crippen molar-refractivity contribution >= 4 is 6.47 Å². The van der Waals surface area contributed by atoms with Gasteiger partial charge >= 0.3 is 0 Å². The molecular weight excluding hydrogens is 156 g/mol. The molecule has 0 atom stereocenters. The molecule has 12 heavy (non-hydrogen) atoms. The Morgan fingerprint density at radius 3 is 2.25 bits per heavy atom. The van der Waals surface area contributed by atoms with Crippen LogP contribution in [0.2, 0.25) is 0 Å². The summed E-state index contributed by atoms with van der Waals surface area (Å²) in [7, 11) is 0. The summed E-state index contributed by atoms with van der Waals surface area (Å²) in [6.07, 6.45) is 8.92. The molecule has 0 saturated carbocycles. The smallest absolute Gasteiger partial charge is 0.290 e. The van der Waals surface area contributed by atoms with E-state index in [1.807, 2.05) is 12.2 Å². The van der Waals surface area contributed by atoms with Crippen molar-refractivity contribution in [3.8, 4) is 0 Å². The summed E-state index contributed by atoms with van der Waals surface area (Å²) in [5.74, 6) is 0. The van der Waals surface area contributed by atoms with E-state index in [1.165, 1.54) is 0 Å². The molecule has 0 spiro atoms. The van der Waals surface area contributed by atoms with Crippen molar-refractivity contribution in [2.24, 2.45) is 0 Å². The summed E-state index contributed by atoms with van der Waals surface area (Å²) >= 11 is 0. The van der Waals surface area contributed by atoms with Gasteiger partial charge in [-0.1, -0.05) is 18.2 Å². The van der Waals surface area contributed by atoms with Gasteiger partial charge in [0.25, 0.3) is 6.47 Å². The van der Waals surface area contributed by atoms with Crippen molar-refractivity contribution < 1.29 is 15.0 Å². The minimum atomic E-state index is -0.250. The molecule has 0 aliphatic carbocycles. The highest BCUT2D eigenvalue weighted by Crippen LogP contribution is 1.95. The summed E-state index contributed by atoms with van der Waals surface area (Å²) < 4.78 is 0. The number of rotatable bonds is 5. The first-order valence-electron chi connectivity index (χ1n) is 3.78. The van der Waals surface area contributed by atoms with Gasteiger partial charge in [0.1, 0.15) is 0 Å². The quantitative estimate of drug-likeness (QED) is 0.376. The highest BCUT2D eigenvalue weighted by molar-refractivity contribution is 5.32. The van der Waals surface area contributed by atoms with Crippen LogP contribution in [-0.2, 0) is 4.79 Å². The van der Waals surface area contributed by atoms with E-state index in [-0.39, 0.29) is 13.1 Å². The first-order chi connectivity index (χ1) is 5.83. The number of aliphatic hydroxyl groups is 1. The average Bonchev–Trinajstić information content (AvgIpc) is 2.06. The molecular formula is C9H16O3. The van der Waals surface area contributed by atoms with Crippen LogP contribution in [0, 0.1) is 0 Å². The molecule has 0 unspecified atom stereocenters. The zero-order chi connectivity index (χ0) is 9.66. The fourth-order valence-electron chi connectivity index (χ4n) is 0.572. The summed E-state index contributed by atoms with van der Waals surface area (Å²) in [5.41, 5.74) is 0. The maximum absolute atomic E-state index is 8.36. The zero-order valence-electron chi connectivity index (χ0n) is 7.15. The van der Waals surface area contributed by atoms with Crippen LogP contribution in [0.5, 0.6) is 0 Å². The van der Waals surface area contributed by atoms with Crippen LogP contribution in [0.25, 0.3) is 0 Å². The van der Waals surface area contributed by atoms with Crippen molar-refractivity contribution in [2.45, 2.75) is 19.3 Å². The fourth-order valence-corrected chi connectivity index (χ4v) is 0.572. The van der Waals surface area contributed by atoms with E-state index in [0.29, 0.717) is 0 Å². The maximum Gasteiger partial charge on any atom is 0.290 e. The molecule has 0 aromatic carbocycles. The van der Waals surface area contributed by atoms with Gasteiger partial charge in [-0.25, -0.2) is 0 Å². The molecule has 0 aromatic heterocycles. The van der Waals surface area contributed by atoms with Gasteiger partial charge in [-0.2, -0.15) is 0 Å². The van der Waals surface area contributed by atoms with Crippen molar-refractivity contribution in [3.63, 3.8) is 0 Å². The molecule has 2 N–H and O–H groups in total. The van der Waals surface area contributed by atoms with Gasteiger partial charge in [0, 0.05) is 0 Å². The second kappa shape index (κ2) is 16.5. The Kier molecular flexibility index (Phi) is 18.5. The predicted molar refractivity (Wildman–Crippen MR) is 49.0 cm³/mol. The summed E-state index contributed by atoms with van der Waals surface area (Å²) in [5, 5.41) is 15.2. The Hall–Kier alpha value is -1.09. The normalized spacial score (nSPS) is 8.75. The summed E-state index contributed by atoms with van der Waals surface area (Å²) in [6, 6.07) is 0. The highest BCUT2D eigenvalue weighted by atomic mass is 16.3. The lowest BCUT2D eigenvalue weighted by Crippen LogP contribution is -1.72. The number of hydrogen-bond donors (Lipinski definition) is 2. The van der Waals surface area contributed by atoms with E-state index < -0.39 is 0 Å². The number of carbonyl (C=O) groups is 1. The van der Waals surface area contributed by atoms with Crippen LogP contribution >= 0.6 is 0 Å². The average molecular weight is 172 g/mol. The lowest BCUT2D eigenvalue weighted by molar-refractivity contribution is -0.122. The van der Waals surface area contributed by atoms with E-state index in [2.05, 4.69) is 6.58 Å². The number of unbranched alkanes of at least 4 members (excludes halogenated alkanes) is 2. The molecule has 0 aliphatic rings. The molecule has 0 aromatic rings. The minimum Gasteiger partial charge on any atom is -0.483 e.